The number of H-pyrrole nitrogens is 3. The number of aromatic nitrogens is 16. The topological polar surface area (TPSA) is 547 Å². The minimum absolute atomic E-state index is 0.0223. The number of amides is 5. The van der Waals surface area contributed by atoms with Gasteiger partial charge in [-0.1, -0.05) is 123 Å². The zero-order valence-electron chi connectivity index (χ0n) is 79.1. The van der Waals surface area contributed by atoms with Gasteiger partial charge in [-0.15, -0.1) is 0 Å². The van der Waals surface area contributed by atoms with Crippen molar-refractivity contribution in [3.05, 3.63) is 173 Å². The van der Waals surface area contributed by atoms with Crippen LogP contribution in [-0.2, 0) is 76.6 Å². The van der Waals surface area contributed by atoms with Crippen LogP contribution in [0.15, 0.2) is 111 Å². The van der Waals surface area contributed by atoms with Gasteiger partial charge < -0.3 is 102 Å². The van der Waals surface area contributed by atoms with Crippen molar-refractivity contribution in [3.8, 4) is 30.1 Å². The summed E-state index contributed by atoms with van der Waals surface area (Å²) in [6, 6.07) is 32.0. The van der Waals surface area contributed by atoms with Crippen molar-refractivity contribution in [3.63, 3.8) is 0 Å². The zero-order valence-corrected chi connectivity index (χ0v) is 79.9. The lowest BCUT2D eigenvalue weighted by Gasteiger charge is -2.23. The first-order chi connectivity index (χ1) is 66.3. The van der Waals surface area contributed by atoms with E-state index in [0.29, 0.717) is 136 Å². The predicted molar refractivity (Wildman–Crippen MR) is 518 cm³/mol. The Hall–Kier alpha value is -13.6. The lowest BCUT2D eigenvalue weighted by atomic mass is 10.1. The maximum absolute atomic E-state index is 12.7. The number of rotatable bonds is 43. The number of fused-ring (bicyclic) bond motifs is 4. The van der Waals surface area contributed by atoms with Crippen LogP contribution >= 0.6 is 0 Å². The molecule has 0 atom stereocenters. The molecular weight excluding hydrogens is 1780 g/mol. The number of ether oxygens (including phenoxy) is 8. The molecular formula is C93H127N27O16S. The Morgan fingerprint density at radius 1 is 0.423 bits per heavy atom. The number of sulfonamides is 1. The van der Waals surface area contributed by atoms with Crippen LogP contribution in [0.5, 0.6) is 30.1 Å². The van der Waals surface area contributed by atoms with E-state index < -0.39 is 16.1 Å². The normalized spacial score (nSPS) is 13.8. The summed E-state index contributed by atoms with van der Waals surface area (Å²) >= 11 is 0. The van der Waals surface area contributed by atoms with Crippen LogP contribution in [0.2, 0.25) is 0 Å². The van der Waals surface area contributed by atoms with Crippen LogP contribution in [0, 0.1) is 17.8 Å². The number of carbonyl (C=O) groups is 3. The summed E-state index contributed by atoms with van der Waals surface area (Å²) in [5.74, 6) is 2.16. The van der Waals surface area contributed by atoms with E-state index in [1.807, 2.05) is 103 Å². The first-order valence-corrected chi connectivity index (χ1v) is 48.4. The predicted octanol–water partition coefficient (Wildman–Crippen LogP) is 8.50. The van der Waals surface area contributed by atoms with Crippen molar-refractivity contribution in [2.45, 2.75) is 157 Å². The summed E-state index contributed by atoms with van der Waals surface area (Å²) in [4.78, 5) is 128. The molecule has 4 fully saturated rings. The molecule has 4 aromatic carbocycles. The van der Waals surface area contributed by atoms with Gasteiger partial charge in [-0.2, -0.15) is 49.2 Å². The van der Waals surface area contributed by atoms with Crippen LogP contribution in [0.3, 0.4) is 0 Å². The fourth-order valence-electron chi connectivity index (χ4n) is 15.5. The smallest absolute Gasteiger partial charge is 0.415 e. The van der Waals surface area contributed by atoms with Crippen LogP contribution in [0.4, 0.5) is 37.7 Å². The fourth-order valence-corrected chi connectivity index (χ4v) is 16.4. The molecule has 137 heavy (non-hydrogen) atoms. The molecule has 0 spiro atoms. The highest BCUT2D eigenvalue weighted by molar-refractivity contribution is 7.88. The van der Waals surface area contributed by atoms with E-state index >= 15 is 0 Å². The molecule has 0 unspecified atom stereocenters. The Labute approximate surface area is 792 Å². The van der Waals surface area contributed by atoms with Crippen LogP contribution in [-0.4, -0.2) is 250 Å². The van der Waals surface area contributed by atoms with Gasteiger partial charge in [-0.25, -0.2) is 37.2 Å². The summed E-state index contributed by atoms with van der Waals surface area (Å²) in [6.45, 7) is 19.4. The molecule has 1 aliphatic heterocycles. The molecule has 3 saturated carbocycles. The monoisotopic (exact) mass is 1910 g/mol. The number of anilines is 4. The van der Waals surface area contributed by atoms with Gasteiger partial charge in [-0.3, -0.25) is 23.2 Å². The quantitative estimate of drug-likeness (QED) is 0.0160. The number of imidazole rings is 4. The molecule has 0 radical (unpaired) electrons. The zero-order chi connectivity index (χ0) is 97.1. The molecule has 0 bridgehead atoms. The van der Waals surface area contributed by atoms with Gasteiger partial charge in [0.05, 0.1) is 58.9 Å². The third-order valence-electron chi connectivity index (χ3n) is 23.0. The van der Waals surface area contributed by atoms with E-state index in [-0.39, 0.29) is 127 Å². The molecule has 44 heteroatoms. The van der Waals surface area contributed by atoms with E-state index in [4.69, 9.17) is 60.8 Å². The number of hydrogen-bond donors (Lipinski definition) is 10. The lowest BCUT2D eigenvalue weighted by molar-refractivity contribution is 0.141. The highest BCUT2D eigenvalue weighted by atomic mass is 32.2. The molecule has 8 aromatic heterocycles. The SMILES string of the molecule is CCCCOc1nc(N)c2[nH]c(=O)n(Cc3cccc(CN4CCCCCC4)c3)c2n1.CCNC(=O)N(Cc1cccc(Cn2c(=O)[nH]c3c(N)nc(OCCOC)nc32)c1)CC1CC1.CCNC(=O)Oc1nc2c(N)nc(OCCOC)nc2n1Cc1cccc(CN(CC2CC2)C(=O)NCC)c1.COCCOc1nc(N)c2[nH]c(=O)n(Cc3cccc(CN(CC4CC4)S(C)(=O)=O)c3)c2n1. The third kappa shape index (κ3) is 29.0. The number of likely N-dealkylation sites (tertiary alicyclic amines) is 1. The summed E-state index contributed by atoms with van der Waals surface area (Å²) < 4.78 is 74.8. The van der Waals surface area contributed by atoms with Gasteiger partial charge in [0.2, 0.25) is 10.0 Å². The van der Waals surface area contributed by atoms with E-state index in [2.05, 4.69) is 106 Å². The largest absolute Gasteiger partial charge is 0.463 e. The lowest BCUT2D eigenvalue weighted by Crippen LogP contribution is -2.40. The van der Waals surface area contributed by atoms with Crippen molar-refractivity contribution < 1.29 is 60.7 Å². The molecule has 736 valence electrons. The number of carbonyl (C=O) groups excluding carboxylic acids is 3. The van der Waals surface area contributed by atoms with Crippen molar-refractivity contribution in [1.82, 2.24) is 113 Å². The maximum Gasteiger partial charge on any atom is 0.415 e. The van der Waals surface area contributed by atoms with Gasteiger partial charge in [0.15, 0.2) is 51.4 Å². The van der Waals surface area contributed by atoms with Crippen LogP contribution < -0.4 is 79.6 Å². The second kappa shape index (κ2) is 48.8. The number of nitrogens with one attached hydrogen (secondary N) is 6. The van der Waals surface area contributed by atoms with Crippen LogP contribution in [0.25, 0.3) is 44.7 Å². The Balaban J connectivity index is 0.000000155. The standard InChI is InChI=1S/C26H36N8O5.C23H31N7O4.C23H32N6O2.C21H28N6O5S/c1-4-28-24(35)33(14-17-9-10-17)15-18-7-6-8-19(13-18)16-34-22-20(30-25(34)39-26(36)29-5-2)21(27)31-23(32-22)38-12-11-37-3;1-3-25-22(31)29(12-15-7-8-15)13-16-5-4-6-17(11-16)14-30-20-18(26-23(30)32)19(24)27-21(28-20)34-10-9-33-2;1-2-3-13-31-22-26-20(24)19-21(27-22)29(23(30)25-19)16-18-10-8-9-17(14-18)15-28-11-6-4-5-7-12-28;1-31-8-9-32-20-24-18(22)17-19(25-20)27(21(28)23-17)13-16-5-3-4-15(10-16)12-26(33(2,29)30)11-14-6-7-14/h6-8,13,17H,4-5,9-12,14-16H2,1-3H3,(H,28,35)(H,29,36)(H2,27,31,32);4-6,11,15H,3,7-10,12-14H2,1-2H3,(H,25,31)(H,26,32)(H2,24,27,28);8-10,14H,2-7,11-13,15-16H2,1H3,(H,25,30)(H2,24,26,27);3-5,10,14H,6-9,11-13H2,1-2H3,(H,23,28)(H2,22,24,25). The van der Waals surface area contributed by atoms with Gasteiger partial charge in [0.1, 0.15) is 36.4 Å². The number of unbranched alkanes of at least 4 members (excludes halogenated alkanes) is 1. The number of nitrogens with two attached hydrogens (primary N) is 4. The minimum atomic E-state index is -3.32. The number of benzene rings is 4. The summed E-state index contributed by atoms with van der Waals surface area (Å²) in [5.41, 5.74) is 34.0. The first-order valence-electron chi connectivity index (χ1n) is 46.6. The fraction of sp³-hybridized carbons (Fsp3) is 0.495. The molecule has 14 N–H and O–H groups in total. The third-order valence-corrected chi connectivity index (χ3v) is 24.2. The second-order valence-electron chi connectivity index (χ2n) is 34.3. The Kier molecular flexibility index (Phi) is 35.9. The highest BCUT2D eigenvalue weighted by Gasteiger charge is 2.32. The summed E-state index contributed by atoms with van der Waals surface area (Å²) in [7, 11) is 1.38. The highest BCUT2D eigenvalue weighted by Crippen LogP contribution is 2.35. The summed E-state index contributed by atoms with van der Waals surface area (Å²) in [6.07, 6.45) is 14.5. The Morgan fingerprint density at radius 3 is 1.15 bits per heavy atom. The number of aromatic amines is 3. The van der Waals surface area contributed by atoms with Gasteiger partial charge in [0.25, 0.3) is 0 Å². The second-order valence-corrected chi connectivity index (χ2v) is 36.3. The molecule has 4 aliphatic rings. The van der Waals surface area contributed by atoms with E-state index in [1.165, 1.54) is 63.8 Å². The van der Waals surface area contributed by atoms with Crippen molar-refractivity contribution in [1.29, 1.82) is 0 Å². The van der Waals surface area contributed by atoms with E-state index in [0.717, 1.165) is 110 Å². The molecule has 9 heterocycles. The van der Waals surface area contributed by atoms with Gasteiger partial charge >= 0.3 is 65.3 Å². The number of nitrogen functional groups attached to an aromatic ring is 4. The van der Waals surface area contributed by atoms with Gasteiger partial charge in [-0.05, 0) is 154 Å². The minimum Gasteiger partial charge on any atom is -0.463 e. The number of nitrogens with zero attached hydrogens (tertiary/aromatic N) is 17. The molecule has 3 aliphatic carbocycles. The van der Waals surface area contributed by atoms with E-state index in [1.54, 1.807) is 37.4 Å². The van der Waals surface area contributed by atoms with E-state index in [9.17, 15) is 37.2 Å². The van der Waals surface area contributed by atoms with Crippen molar-refractivity contribution >= 4 is 96.1 Å². The average Bonchev–Trinajstić information content (AvgIpc) is 1.64. The molecule has 1 saturated heterocycles. The molecule has 5 amide bonds. The van der Waals surface area contributed by atoms with Crippen molar-refractivity contribution in [2.24, 2.45) is 17.8 Å². The number of hydrogen-bond acceptors (Lipinski definition) is 30. The first kappa shape index (κ1) is 101. The number of urea groups is 2. The molecule has 12 aromatic rings. The maximum atomic E-state index is 12.7. The molecule has 16 rings (SSSR count). The number of methoxy groups -OCH3 is 3. The average molecular weight is 1910 g/mol. The Morgan fingerprint density at radius 2 is 0.774 bits per heavy atom. The van der Waals surface area contributed by atoms with Gasteiger partial charge in [0, 0.05) is 86.8 Å². The molecule has 43 nitrogen and oxygen atoms in total. The van der Waals surface area contributed by atoms with Crippen molar-refractivity contribution in [2.75, 3.05) is 149 Å². The van der Waals surface area contributed by atoms with Crippen LogP contribution in [0.1, 0.15) is 149 Å². The Bertz CT molecular complexity index is 6380. The summed E-state index contributed by atoms with van der Waals surface area (Å²) in [5, 5.41) is 8.41.